The van der Waals surface area contributed by atoms with Gasteiger partial charge in [0.1, 0.15) is 23.9 Å². The van der Waals surface area contributed by atoms with Crippen LogP contribution in [0, 0.1) is 6.92 Å². The Hall–Kier alpha value is -3.32. The monoisotopic (exact) mass is 482 g/mol. The van der Waals surface area contributed by atoms with Crippen LogP contribution in [0.2, 0.25) is 0 Å². The van der Waals surface area contributed by atoms with Crippen LogP contribution in [-0.2, 0) is 6.61 Å². The van der Waals surface area contributed by atoms with Crippen LogP contribution in [0.4, 0.5) is 0 Å². The Morgan fingerprint density at radius 2 is 1.68 bits per heavy atom. The zero-order valence-corrected chi connectivity index (χ0v) is 19.1. The molecule has 0 heterocycles. The summed E-state index contributed by atoms with van der Waals surface area (Å²) in [4.78, 5) is 12.5. The normalized spacial score (nSPS) is 10.7. The Morgan fingerprint density at radius 1 is 1.00 bits per heavy atom. The molecule has 0 aliphatic carbocycles. The van der Waals surface area contributed by atoms with Crippen molar-refractivity contribution < 1.29 is 19.0 Å². The lowest BCUT2D eigenvalue weighted by Gasteiger charge is -2.10. The van der Waals surface area contributed by atoms with Crippen LogP contribution in [0.3, 0.4) is 0 Å². The number of carbonyl (C=O) groups excluding carboxylic acids is 1. The number of nitrogens with zero attached hydrogens (tertiary/aromatic N) is 1. The number of hydrogen-bond acceptors (Lipinski definition) is 5. The van der Waals surface area contributed by atoms with Gasteiger partial charge in [-0.2, -0.15) is 5.10 Å². The van der Waals surface area contributed by atoms with E-state index in [4.69, 9.17) is 14.2 Å². The van der Waals surface area contributed by atoms with Crippen LogP contribution in [0.15, 0.2) is 70.2 Å². The molecule has 0 aliphatic heterocycles. The molecule has 0 aromatic heterocycles. The molecule has 0 atom stereocenters. The molecule has 0 spiro atoms. The van der Waals surface area contributed by atoms with Crippen molar-refractivity contribution in [3.05, 3.63) is 87.4 Å². The van der Waals surface area contributed by atoms with Crippen LogP contribution >= 0.6 is 15.9 Å². The lowest BCUT2D eigenvalue weighted by atomic mass is 10.1. The van der Waals surface area contributed by atoms with Crippen LogP contribution in [0.5, 0.6) is 17.2 Å². The molecule has 0 radical (unpaired) electrons. The van der Waals surface area contributed by atoms with Gasteiger partial charge >= 0.3 is 0 Å². The van der Waals surface area contributed by atoms with Gasteiger partial charge in [0.2, 0.25) is 0 Å². The fraction of sp³-hybridized carbons (Fsp3) is 0.167. The number of hydrazone groups is 1. The number of nitrogens with one attached hydrogen (secondary N) is 1. The molecule has 3 aromatic carbocycles. The molecule has 1 amide bonds. The third kappa shape index (κ3) is 6.33. The fourth-order valence-electron chi connectivity index (χ4n) is 2.76. The minimum atomic E-state index is -0.384. The predicted octanol–water partition coefficient (Wildman–Crippen LogP) is 5.12. The highest BCUT2D eigenvalue weighted by Crippen LogP contribution is 2.24. The highest BCUT2D eigenvalue weighted by atomic mass is 79.9. The smallest absolute Gasteiger partial charge is 0.271 e. The van der Waals surface area contributed by atoms with Gasteiger partial charge in [-0.05, 0) is 42.8 Å². The zero-order valence-electron chi connectivity index (χ0n) is 17.5. The Balaban J connectivity index is 1.70. The summed E-state index contributed by atoms with van der Waals surface area (Å²) >= 11 is 3.46. The highest BCUT2D eigenvalue weighted by molar-refractivity contribution is 9.10. The van der Waals surface area contributed by atoms with E-state index in [0.717, 1.165) is 15.6 Å². The summed E-state index contributed by atoms with van der Waals surface area (Å²) in [5, 5.41) is 4.09. The molecule has 1 N–H and O–H groups in total. The average molecular weight is 483 g/mol. The predicted molar refractivity (Wildman–Crippen MR) is 124 cm³/mol. The summed E-state index contributed by atoms with van der Waals surface area (Å²) in [6.45, 7) is 2.47. The van der Waals surface area contributed by atoms with Gasteiger partial charge in [-0.25, -0.2) is 5.43 Å². The Morgan fingerprint density at radius 3 is 2.32 bits per heavy atom. The van der Waals surface area contributed by atoms with E-state index in [0.29, 0.717) is 29.4 Å². The van der Waals surface area contributed by atoms with Crippen molar-refractivity contribution in [1.29, 1.82) is 0 Å². The first-order valence-electron chi connectivity index (χ1n) is 9.53. The van der Waals surface area contributed by atoms with Crippen molar-refractivity contribution in [2.45, 2.75) is 13.5 Å². The summed E-state index contributed by atoms with van der Waals surface area (Å²) in [6, 6.07) is 18.7. The second kappa shape index (κ2) is 10.6. The summed E-state index contributed by atoms with van der Waals surface area (Å²) in [6.07, 6.45) is 1.55. The van der Waals surface area contributed by atoms with E-state index in [1.54, 1.807) is 24.4 Å². The first kappa shape index (κ1) is 22.4. The largest absolute Gasteiger partial charge is 0.497 e. The maximum atomic E-state index is 12.5. The van der Waals surface area contributed by atoms with Gasteiger partial charge in [-0.15, -0.1) is 0 Å². The quantitative estimate of drug-likeness (QED) is 0.357. The molecule has 0 bridgehead atoms. The lowest BCUT2D eigenvalue weighted by molar-refractivity contribution is 0.0954. The molecule has 0 unspecified atom stereocenters. The lowest BCUT2D eigenvalue weighted by Crippen LogP contribution is -2.17. The number of carbonyl (C=O) groups is 1. The molecule has 3 aromatic rings. The molecule has 6 nitrogen and oxygen atoms in total. The van der Waals surface area contributed by atoms with Gasteiger partial charge in [0.15, 0.2) is 0 Å². The summed E-state index contributed by atoms with van der Waals surface area (Å²) in [7, 11) is 3.06. The number of ether oxygens (including phenoxy) is 3. The molecule has 0 aliphatic rings. The summed E-state index contributed by atoms with van der Waals surface area (Å²) in [5.41, 5.74) is 5.89. The molecule has 160 valence electrons. The number of rotatable bonds is 8. The van der Waals surface area contributed by atoms with E-state index in [9.17, 15) is 4.79 Å². The number of aryl methyl sites for hydroxylation is 1. The SMILES string of the molecule is COc1cc(OC)cc(C(=O)N/N=C\c2cc(Br)ccc2OCc2ccc(C)cc2)c1. The number of amides is 1. The van der Waals surface area contributed by atoms with E-state index < -0.39 is 0 Å². The van der Waals surface area contributed by atoms with Gasteiger partial charge < -0.3 is 14.2 Å². The summed E-state index contributed by atoms with van der Waals surface area (Å²) in [5.74, 6) is 1.31. The maximum Gasteiger partial charge on any atom is 0.271 e. The van der Waals surface area contributed by atoms with Gasteiger partial charge in [-0.3, -0.25) is 4.79 Å². The molecule has 0 saturated carbocycles. The molecule has 0 saturated heterocycles. The van der Waals surface area contributed by atoms with Gasteiger partial charge in [0.05, 0.1) is 20.4 Å². The summed E-state index contributed by atoms with van der Waals surface area (Å²) < 4.78 is 17.2. The van der Waals surface area contributed by atoms with Crippen LogP contribution in [0.1, 0.15) is 27.0 Å². The number of hydrogen-bond donors (Lipinski definition) is 1. The van der Waals surface area contributed by atoms with E-state index in [1.165, 1.54) is 19.8 Å². The van der Waals surface area contributed by atoms with Crippen molar-refractivity contribution >= 4 is 28.1 Å². The minimum Gasteiger partial charge on any atom is -0.497 e. The van der Waals surface area contributed by atoms with Crippen LogP contribution < -0.4 is 19.6 Å². The number of halogens is 1. The molecule has 0 fully saturated rings. The number of benzene rings is 3. The van der Waals surface area contributed by atoms with Crippen LogP contribution in [-0.4, -0.2) is 26.3 Å². The maximum absolute atomic E-state index is 12.5. The molecule has 31 heavy (non-hydrogen) atoms. The Kier molecular flexibility index (Phi) is 7.67. The van der Waals surface area contributed by atoms with Gasteiger partial charge in [0, 0.05) is 21.7 Å². The van der Waals surface area contributed by atoms with Gasteiger partial charge in [-0.1, -0.05) is 45.8 Å². The van der Waals surface area contributed by atoms with Crippen molar-refractivity contribution in [1.82, 2.24) is 5.43 Å². The van der Waals surface area contributed by atoms with Crippen molar-refractivity contribution in [2.75, 3.05) is 14.2 Å². The molecule has 3 rings (SSSR count). The number of methoxy groups -OCH3 is 2. The van der Waals surface area contributed by atoms with E-state index in [-0.39, 0.29) is 5.91 Å². The third-order valence-corrected chi connectivity index (χ3v) is 4.96. The Bertz CT molecular complexity index is 1060. The topological polar surface area (TPSA) is 69.2 Å². The van der Waals surface area contributed by atoms with Crippen molar-refractivity contribution in [3.8, 4) is 17.2 Å². The van der Waals surface area contributed by atoms with Crippen molar-refractivity contribution in [3.63, 3.8) is 0 Å². The van der Waals surface area contributed by atoms with E-state index >= 15 is 0 Å². The van der Waals surface area contributed by atoms with E-state index in [1.807, 2.05) is 49.4 Å². The first-order valence-corrected chi connectivity index (χ1v) is 10.3. The highest BCUT2D eigenvalue weighted by Gasteiger charge is 2.09. The minimum absolute atomic E-state index is 0.374. The molecule has 7 heteroatoms. The first-order chi connectivity index (χ1) is 15.0. The van der Waals surface area contributed by atoms with Crippen LogP contribution in [0.25, 0.3) is 0 Å². The van der Waals surface area contributed by atoms with Gasteiger partial charge in [0.25, 0.3) is 5.91 Å². The zero-order chi connectivity index (χ0) is 22.2. The average Bonchev–Trinajstić information content (AvgIpc) is 2.79. The second-order valence-electron chi connectivity index (χ2n) is 6.76. The second-order valence-corrected chi connectivity index (χ2v) is 7.67. The third-order valence-electron chi connectivity index (χ3n) is 4.47. The molecular formula is C24H23BrN2O4. The Labute approximate surface area is 190 Å². The fourth-order valence-corrected chi connectivity index (χ4v) is 3.14. The standard InChI is InChI=1S/C24H23BrN2O4/c1-16-4-6-17(7-5-16)15-31-23-9-8-20(25)10-19(23)14-26-27-24(28)18-11-21(29-2)13-22(12-18)30-3/h4-14H,15H2,1-3H3,(H,27,28)/b26-14-. The molecular weight excluding hydrogens is 460 g/mol. The van der Waals surface area contributed by atoms with E-state index in [2.05, 4.69) is 26.5 Å². The van der Waals surface area contributed by atoms with Crippen molar-refractivity contribution in [2.24, 2.45) is 5.10 Å².